The second kappa shape index (κ2) is 8.92. The summed E-state index contributed by atoms with van der Waals surface area (Å²) < 4.78 is 0. The molecule has 1 fully saturated rings. The van der Waals surface area contributed by atoms with Crippen molar-refractivity contribution < 1.29 is 0 Å². The third-order valence-electron chi connectivity index (χ3n) is 4.35. The molecule has 1 aliphatic rings. The Bertz CT molecular complexity index is 392. The van der Waals surface area contributed by atoms with E-state index in [9.17, 15) is 0 Å². The lowest BCUT2D eigenvalue weighted by Crippen LogP contribution is -2.32. The van der Waals surface area contributed by atoms with Gasteiger partial charge in [0.05, 0.1) is 0 Å². The molecular weight excluding hydrogens is 276 g/mol. The van der Waals surface area contributed by atoms with Gasteiger partial charge in [-0.2, -0.15) is 0 Å². The fourth-order valence-corrected chi connectivity index (χ4v) is 4.18. The third kappa shape index (κ3) is 6.09. The summed E-state index contributed by atoms with van der Waals surface area (Å²) in [4.78, 5) is 5.65. The molecule has 2 rings (SSSR count). The molecule has 1 saturated heterocycles. The third-order valence-corrected chi connectivity index (χ3v) is 5.42. The second-order valence-electron chi connectivity index (χ2n) is 6.90. The Labute approximate surface area is 134 Å². The number of piperidine rings is 1. The minimum absolute atomic E-state index is 0.730. The van der Waals surface area contributed by atoms with Crippen molar-refractivity contribution in [2.75, 3.05) is 19.6 Å². The first-order chi connectivity index (χ1) is 10.2. The molecule has 0 saturated carbocycles. The van der Waals surface area contributed by atoms with Gasteiger partial charge in [-0.3, -0.25) is 4.90 Å². The fourth-order valence-electron chi connectivity index (χ4n) is 3.15. The summed E-state index contributed by atoms with van der Waals surface area (Å²) in [7, 11) is 0. The van der Waals surface area contributed by atoms with E-state index in [-0.39, 0.29) is 0 Å². The first-order valence-electron chi connectivity index (χ1n) is 8.68. The maximum absolute atomic E-state index is 3.53. The molecule has 0 bridgehead atoms. The lowest BCUT2D eigenvalue weighted by molar-refractivity contribution is 0.173. The van der Waals surface area contributed by atoms with Gasteiger partial charge in [0, 0.05) is 22.8 Å². The van der Waals surface area contributed by atoms with Gasteiger partial charge in [0.15, 0.2) is 0 Å². The number of nitrogens with one attached hydrogen (secondary N) is 1. The van der Waals surface area contributed by atoms with Crippen LogP contribution >= 0.6 is 11.3 Å². The van der Waals surface area contributed by atoms with Crippen molar-refractivity contribution in [3.8, 4) is 0 Å². The van der Waals surface area contributed by atoms with E-state index in [1.165, 1.54) is 48.5 Å². The lowest BCUT2D eigenvalue weighted by atomic mass is 9.92. The van der Waals surface area contributed by atoms with Crippen molar-refractivity contribution in [1.82, 2.24) is 10.2 Å². The minimum atomic E-state index is 0.730. The molecule has 0 radical (unpaired) electrons. The number of thiophene rings is 1. The molecule has 3 heteroatoms. The monoisotopic (exact) mass is 308 g/mol. The van der Waals surface area contributed by atoms with Crippen molar-refractivity contribution in [2.24, 2.45) is 11.8 Å². The van der Waals surface area contributed by atoms with Crippen molar-refractivity contribution in [2.45, 2.75) is 59.5 Å². The van der Waals surface area contributed by atoms with Crippen LogP contribution in [0.2, 0.25) is 0 Å². The van der Waals surface area contributed by atoms with E-state index in [2.05, 4.69) is 43.1 Å². The number of rotatable bonds is 8. The Kier molecular flexibility index (Phi) is 7.21. The summed E-state index contributed by atoms with van der Waals surface area (Å²) in [5, 5.41) is 3.53. The van der Waals surface area contributed by atoms with Crippen LogP contribution in [0.3, 0.4) is 0 Å². The van der Waals surface area contributed by atoms with Crippen LogP contribution in [-0.2, 0) is 13.1 Å². The predicted molar refractivity (Wildman–Crippen MR) is 93.8 cm³/mol. The van der Waals surface area contributed by atoms with E-state index in [0.717, 1.165) is 31.5 Å². The van der Waals surface area contributed by atoms with Crippen LogP contribution < -0.4 is 5.32 Å². The fraction of sp³-hybridized carbons (Fsp3) is 0.778. The highest BCUT2D eigenvalue weighted by molar-refractivity contribution is 7.11. The van der Waals surface area contributed by atoms with Crippen LogP contribution in [0, 0.1) is 11.8 Å². The van der Waals surface area contributed by atoms with Crippen LogP contribution in [0.5, 0.6) is 0 Å². The quantitative estimate of drug-likeness (QED) is 0.760. The average Bonchev–Trinajstić information content (AvgIpc) is 2.88. The maximum Gasteiger partial charge on any atom is 0.0328 e. The molecule has 2 nitrogen and oxygen atoms in total. The van der Waals surface area contributed by atoms with Crippen molar-refractivity contribution >= 4 is 11.3 Å². The van der Waals surface area contributed by atoms with E-state index in [4.69, 9.17) is 0 Å². The maximum atomic E-state index is 3.53. The number of hydrogen-bond acceptors (Lipinski definition) is 3. The first kappa shape index (κ1) is 17.0. The second-order valence-corrected chi connectivity index (χ2v) is 8.15. The van der Waals surface area contributed by atoms with Crippen molar-refractivity contribution in [3.05, 3.63) is 21.9 Å². The van der Waals surface area contributed by atoms with Crippen LogP contribution in [0.25, 0.3) is 0 Å². The summed E-state index contributed by atoms with van der Waals surface area (Å²) in [6.07, 6.45) is 5.59. The zero-order valence-electron chi connectivity index (χ0n) is 14.0. The molecule has 0 atom stereocenters. The zero-order chi connectivity index (χ0) is 15.1. The van der Waals surface area contributed by atoms with Crippen LogP contribution in [0.4, 0.5) is 0 Å². The van der Waals surface area contributed by atoms with Gasteiger partial charge in [-0.05, 0) is 56.4 Å². The highest BCUT2D eigenvalue weighted by Gasteiger charge is 2.18. The van der Waals surface area contributed by atoms with Crippen LogP contribution in [-0.4, -0.2) is 24.5 Å². The van der Waals surface area contributed by atoms with Gasteiger partial charge in [-0.15, -0.1) is 11.3 Å². The topological polar surface area (TPSA) is 15.3 Å². The summed E-state index contributed by atoms with van der Waals surface area (Å²) in [5.41, 5.74) is 0. The van der Waals surface area contributed by atoms with E-state index in [0.29, 0.717) is 0 Å². The summed E-state index contributed by atoms with van der Waals surface area (Å²) >= 11 is 1.99. The highest BCUT2D eigenvalue weighted by Crippen LogP contribution is 2.25. The molecule has 0 aliphatic carbocycles. The highest BCUT2D eigenvalue weighted by atomic mass is 32.1. The molecule has 1 N–H and O–H groups in total. The first-order valence-corrected chi connectivity index (χ1v) is 9.49. The molecule has 120 valence electrons. The van der Waals surface area contributed by atoms with Gasteiger partial charge in [0.25, 0.3) is 0 Å². The Morgan fingerprint density at radius 3 is 2.62 bits per heavy atom. The minimum Gasteiger partial charge on any atom is -0.312 e. The molecule has 2 heterocycles. The Balaban J connectivity index is 1.70. The summed E-state index contributed by atoms with van der Waals surface area (Å²) in [6, 6.07) is 4.63. The Morgan fingerprint density at radius 1 is 1.24 bits per heavy atom. The summed E-state index contributed by atoms with van der Waals surface area (Å²) in [6.45, 7) is 12.7. The molecule has 21 heavy (non-hydrogen) atoms. The molecule has 0 aromatic carbocycles. The molecule has 0 spiro atoms. The lowest BCUT2D eigenvalue weighted by Gasteiger charge is -2.31. The van der Waals surface area contributed by atoms with E-state index < -0.39 is 0 Å². The summed E-state index contributed by atoms with van der Waals surface area (Å²) in [5.74, 6) is 1.72. The number of likely N-dealkylation sites (tertiary alicyclic amines) is 1. The SMILES string of the molecule is CCCC1CCN(Cc2ccc(CNCC(C)C)s2)CC1. The predicted octanol–water partition coefficient (Wildman–Crippen LogP) is 4.51. The molecule has 1 aromatic rings. The van der Waals surface area contributed by atoms with Crippen molar-refractivity contribution in [1.29, 1.82) is 0 Å². The van der Waals surface area contributed by atoms with E-state index in [1.807, 2.05) is 11.3 Å². The van der Waals surface area contributed by atoms with Crippen LogP contribution in [0.15, 0.2) is 12.1 Å². The molecular formula is C18H32N2S. The largest absolute Gasteiger partial charge is 0.312 e. The van der Waals surface area contributed by atoms with Crippen molar-refractivity contribution in [3.63, 3.8) is 0 Å². The average molecular weight is 309 g/mol. The van der Waals surface area contributed by atoms with E-state index in [1.54, 1.807) is 0 Å². The standard InChI is InChI=1S/C18H32N2S/c1-4-5-16-8-10-20(11-9-16)14-18-7-6-17(21-18)13-19-12-15(2)3/h6-7,15-16,19H,4-5,8-14H2,1-3H3. The zero-order valence-corrected chi connectivity index (χ0v) is 14.8. The number of nitrogens with zero attached hydrogens (tertiary/aromatic N) is 1. The van der Waals surface area contributed by atoms with Gasteiger partial charge < -0.3 is 5.32 Å². The smallest absolute Gasteiger partial charge is 0.0328 e. The Hall–Kier alpha value is -0.380. The normalized spacial score (nSPS) is 17.7. The van der Waals surface area contributed by atoms with Gasteiger partial charge in [-0.1, -0.05) is 33.6 Å². The van der Waals surface area contributed by atoms with E-state index >= 15 is 0 Å². The Morgan fingerprint density at radius 2 is 1.95 bits per heavy atom. The van der Waals surface area contributed by atoms with Gasteiger partial charge in [0.2, 0.25) is 0 Å². The molecule has 0 amide bonds. The van der Waals surface area contributed by atoms with Gasteiger partial charge >= 0.3 is 0 Å². The van der Waals surface area contributed by atoms with Crippen LogP contribution in [0.1, 0.15) is 56.2 Å². The van der Waals surface area contributed by atoms with Gasteiger partial charge in [-0.25, -0.2) is 0 Å². The number of hydrogen-bond donors (Lipinski definition) is 1. The molecule has 0 unspecified atom stereocenters. The molecule has 1 aliphatic heterocycles. The van der Waals surface area contributed by atoms with Gasteiger partial charge in [0.1, 0.15) is 0 Å². The molecule has 1 aromatic heterocycles.